The van der Waals surface area contributed by atoms with Gasteiger partial charge >= 0.3 is 0 Å². The first-order valence-corrected chi connectivity index (χ1v) is 8.75. The summed E-state index contributed by atoms with van der Waals surface area (Å²) in [6.07, 6.45) is 6.47. The predicted octanol–water partition coefficient (Wildman–Crippen LogP) is 3.81. The van der Waals surface area contributed by atoms with E-state index < -0.39 is 0 Å². The minimum Gasteiger partial charge on any atom is -0.294 e. The molecule has 4 heterocycles. The van der Waals surface area contributed by atoms with Crippen molar-refractivity contribution >= 4 is 22.9 Å². The van der Waals surface area contributed by atoms with Crippen molar-refractivity contribution < 1.29 is 0 Å². The summed E-state index contributed by atoms with van der Waals surface area (Å²) in [5.41, 5.74) is 3.43. The van der Waals surface area contributed by atoms with E-state index in [4.69, 9.17) is 16.6 Å². The number of aromatic nitrogens is 3. The zero-order chi connectivity index (χ0) is 15.6. The lowest BCUT2D eigenvalue weighted by atomic mass is 10.1. The van der Waals surface area contributed by atoms with Crippen LogP contribution in [0.4, 0.5) is 0 Å². The van der Waals surface area contributed by atoms with Crippen LogP contribution in [0, 0.1) is 0 Å². The Bertz CT molecular complexity index is 819. The monoisotopic (exact) mass is 342 g/mol. The van der Waals surface area contributed by atoms with Gasteiger partial charge in [-0.15, -0.1) is 11.3 Å². The third-order valence-corrected chi connectivity index (χ3v) is 5.23. The molecule has 0 N–H and O–H groups in total. The van der Waals surface area contributed by atoms with E-state index in [1.807, 2.05) is 24.5 Å². The average Bonchev–Trinajstić information content (AvgIpc) is 3.11. The Labute approximate surface area is 143 Å². The number of hydrogen-bond donors (Lipinski definition) is 0. The summed E-state index contributed by atoms with van der Waals surface area (Å²) in [6.45, 7) is 2.63. The molecule has 0 saturated carbocycles. The van der Waals surface area contributed by atoms with E-state index in [1.54, 1.807) is 17.5 Å². The third-order valence-electron chi connectivity index (χ3n) is 3.99. The molecule has 0 unspecified atom stereocenters. The maximum absolute atomic E-state index is 6.23. The molecule has 3 aromatic heterocycles. The van der Waals surface area contributed by atoms with Gasteiger partial charge in [0.1, 0.15) is 0 Å². The van der Waals surface area contributed by atoms with Crippen molar-refractivity contribution in [1.29, 1.82) is 0 Å². The van der Waals surface area contributed by atoms with Gasteiger partial charge in [0.05, 0.1) is 10.6 Å². The fourth-order valence-electron chi connectivity index (χ4n) is 2.80. The van der Waals surface area contributed by atoms with E-state index in [9.17, 15) is 0 Å². The molecule has 0 radical (unpaired) electrons. The number of nitrogens with zero attached hydrogens (tertiary/aromatic N) is 4. The van der Waals surface area contributed by atoms with Crippen molar-refractivity contribution in [3.8, 4) is 10.7 Å². The van der Waals surface area contributed by atoms with Crippen molar-refractivity contribution in [2.75, 3.05) is 6.54 Å². The molecule has 0 atom stereocenters. The van der Waals surface area contributed by atoms with Gasteiger partial charge in [-0.2, -0.15) is 0 Å². The molecule has 1 aliphatic heterocycles. The van der Waals surface area contributed by atoms with Gasteiger partial charge in [-0.3, -0.25) is 9.88 Å². The van der Waals surface area contributed by atoms with E-state index in [0.717, 1.165) is 53.0 Å². The normalized spacial score (nSPS) is 14.7. The molecule has 0 fully saturated rings. The topological polar surface area (TPSA) is 41.9 Å². The van der Waals surface area contributed by atoms with Crippen LogP contribution in [0.3, 0.4) is 0 Å². The zero-order valence-corrected chi connectivity index (χ0v) is 14.0. The molecule has 0 aliphatic carbocycles. The van der Waals surface area contributed by atoms with Crippen molar-refractivity contribution in [3.05, 3.63) is 64.0 Å². The molecule has 23 heavy (non-hydrogen) atoms. The molecule has 0 aromatic carbocycles. The van der Waals surface area contributed by atoms with Gasteiger partial charge in [-0.05, 0) is 17.5 Å². The van der Waals surface area contributed by atoms with Crippen molar-refractivity contribution in [1.82, 2.24) is 19.9 Å². The predicted molar refractivity (Wildman–Crippen MR) is 92.4 cm³/mol. The van der Waals surface area contributed by atoms with Gasteiger partial charge in [0.2, 0.25) is 0 Å². The van der Waals surface area contributed by atoms with E-state index in [1.165, 1.54) is 5.56 Å². The summed E-state index contributed by atoms with van der Waals surface area (Å²) >= 11 is 7.90. The third kappa shape index (κ3) is 3.13. The second-order valence-electron chi connectivity index (χ2n) is 5.57. The van der Waals surface area contributed by atoms with Crippen LogP contribution in [0.2, 0.25) is 5.02 Å². The van der Waals surface area contributed by atoms with Gasteiger partial charge < -0.3 is 0 Å². The Morgan fingerprint density at radius 1 is 1.26 bits per heavy atom. The summed E-state index contributed by atoms with van der Waals surface area (Å²) in [5, 5.41) is 2.83. The number of halogens is 1. The largest absolute Gasteiger partial charge is 0.294 e. The first-order valence-electron chi connectivity index (χ1n) is 7.49. The zero-order valence-electron chi connectivity index (χ0n) is 12.4. The fraction of sp³-hybridized carbons (Fsp3) is 0.235. The molecule has 1 aliphatic rings. The van der Waals surface area contributed by atoms with Crippen molar-refractivity contribution in [2.24, 2.45) is 0 Å². The molecular formula is C17H15ClN4S. The number of hydrogen-bond acceptors (Lipinski definition) is 5. The molecule has 0 saturated heterocycles. The highest BCUT2D eigenvalue weighted by molar-refractivity contribution is 7.13. The molecular weight excluding hydrogens is 328 g/mol. The molecule has 4 rings (SSSR count). The van der Waals surface area contributed by atoms with Gasteiger partial charge in [0.15, 0.2) is 5.82 Å². The number of thiophene rings is 1. The number of fused-ring (bicyclic) bond motifs is 1. The number of rotatable bonds is 3. The average molecular weight is 343 g/mol. The quantitative estimate of drug-likeness (QED) is 0.725. The van der Waals surface area contributed by atoms with Gasteiger partial charge in [0, 0.05) is 60.8 Å². The molecule has 0 amide bonds. The summed E-state index contributed by atoms with van der Waals surface area (Å²) in [6, 6.07) is 5.93. The Hall–Kier alpha value is -1.82. The van der Waals surface area contributed by atoms with Gasteiger partial charge in [0.25, 0.3) is 0 Å². The first-order chi connectivity index (χ1) is 11.3. The lowest BCUT2D eigenvalue weighted by molar-refractivity contribution is 0.243. The second-order valence-corrected chi connectivity index (χ2v) is 6.93. The van der Waals surface area contributed by atoms with Crippen LogP contribution in [0.15, 0.2) is 42.2 Å². The van der Waals surface area contributed by atoms with Crippen LogP contribution in [0.5, 0.6) is 0 Å². The molecule has 3 aromatic rings. The van der Waals surface area contributed by atoms with Crippen molar-refractivity contribution in [3.63, 3.8) is 0 Å². The second kappa shape index (κ2) is 6.35. The molecule has 4 nitrogen and oxygen atoms in total. The SMILES string of the molecule is Clc1ccncc1CN1CCc2nc(-c3cccs3)ncc2C1. The Morgan fingerprint density at radius 3 is 3.04 bits per heavy atom. The lowest BCUT2D eigenvalue weighted by Crippen LogP contribution is -2.31. The van der Waals surface area contributed by atoms with Crippen LogP contribution >= 0.6 is 22.9 Å². The molecule has 0 bridgehead atoms. The highest BCUT2D eigenvalue weighted by atomic mass is 35.5. The summed E-state index contributed by atoms with van der Waals surface area (Å²) in [5.74, 6) is 0.836. The lowest BCUT2D eigenvalue weighted by Gasteiger charge is -2.28. The summed E-state index contributed by atoms with van der Waals surface area (Å²) < 4.78 is 0. The Morgan fingerprint density at radius 2 is 2.22 bits per heavy atom. The van der Waals surface area contributed by atoms with Crippen LogP contribution in [-0.4, -0.2) is 26.4 Å². The van der Waals surface area contributed by atoms with Crippen LogP contribution in [-0.2, 0) is 19.5 Å². The van der Waals surface area contributed by atoms with E-state index >= 15 is 0 Å². The maximum Gasteiger partial charge on any atom is 0.169 e. The summed E-state index contributed by atoms with van der Waals surface area (Å²) in [4.78, 5) is 16.9. The van der Waals surface area contributed by atoms with Crippen molar-refractivity contribution in [2.45, 2.75) is 19.5 Å². The number of pyridine rings is 1. The minimum absolute atomic E-state index is 0.773. The van der Waals surface area contributed by atoms with Crippen LogP contribution in [0.1, 0.15) is 16.8 Å². The van der Waals surface area contributed by atoms with Crippen LogP contribution < -0.4 is 0 Å². The van der Waals surface area contributed by atoms with Crippen LogP contribution in [0.25, 0.3) is 10.7 Å². The van der Waals surface area contributed by atoms with Gasteiger partial charge in [-0.25, -0.2) is 9.97 Å². The fourth-order valence-corrected chi connectivity index (χ4v) is 3.63. The smallest absolute Gasteiger partial charge is 0.169 e. The molecule has 6 heteroatoms. The molecule has 0 spiro atoms. The Kier molecular flexibility index (Phi) is 4.08. The van der Waals surface area contributed by atoms with Gasteiger partial charge in [-0.1, -0.05) is 17.7 Å². The minimum atomic E-state index is 0.773. The van der Waals surface area contributed by atoms with E-state index in [-0.39, 0.29) is 0 Å². The maximum atomic E-state index is 6.23. The summed E-state index contributed by atoms with van der Waals surface area (Å²) in [7, 11) is 0. The first kappa shape index (κ1) is 14.8. The van der Waals surface area contributed by atoms with E-state index in [0.29, 0.717) is 0 Å². The highest BCUT2D eigenvalue weighted by Gasteiger charge is 2.19. The highest BCUT2D eigenvalue weighted by Crippen LogP contribution is 2.25. The van der Waals surface area contributed by atoms with E-state index in [2.05, 4.69) is 26.3 Å². The standard InChI is InChI=1S/C17H15ClN4S/c18-14-3-5-19-8-12(14)10-22-6-4-15-13(11-22)9-20-17(21-15)16-2-1-7-23-16/h1-3,5,7-9H,4,6,10-11H2. The Balaban J connectivity index is 1.53. The molecule has 116 valence electrons.